The number of nitrogens with two attached hydrogens (primary N) is 2. The quantitative estimate of drug-likeness (QED) is 0.0199. The van der Waals surface area contributed by atoms with Crippen molar-refractivity contribution in [2.75, 3.05) is 86.8 Å². The number of benzene rings is 4. The summed E-state index contributed by atoms with van der Waals surface area (Å²) in [4.78, 5) is 40.4. The largest absolute Gasteiger partial charge is 0.393 e. The van der Waals surface area contributed by atoms with Crippen LogP contribution in [0, 0.1) is 41.2 Å². The third-order valence-electron chi connectivity index (χ3n) is 29.6. The Morgan fingerprint density at radius 1 is 0.467 bits per heavy atom. The molecule has 4 aromatic carbocycles. The predicted octanol–water partition coefficient (Wildman–Crippen LogP) is 21.2. The minimum absolute atomic E-state index is 0.111. The lowest BCUT2D eigenvalue weighted by molar-refractivity contribution is 0.0729. The molecule has 26 nitrogen and oxygen atoms in total. The first-order chi connectivity index (χ1) is 65.6. The van der Waals surface area contributed by atoms with Gasteiger partial charge in [-0.1, -0.05) is 153 Å². The average molecular weight is 1880 g/mol. The van der Waals surface area contributed by atoms with Gasteiger partial charge in [0.2, 0.25) is 43.8 Å². The van der Waals surface area contributed by atoms with Crippen LogP contribution in [-0.4, -0.2) is 167 Å². The Bertz CT molecular complexity index is 6180. The molecule has 8 fully saturated rings. The number of hydrogen-bond acceptors (Lipinski definition) is 20. The number of aromatic nitrogens is 12. The van der Waals surface area contributed by atoms with Crippen LogP contribution in [0.2, 0.25) is 0 Å². The summed E-state index contributed by atoms with van der Waals surface area (Å²) >= 11 is 0. The number of nitrogens with zero attached hydrogens (tertiary/aromatic N) is 14. The summed E-state index contributed by atoms with van der Waals surface area (Å²) in [5, 5.41) is 32.7. The fourth-order valence-electron chi connectivity index (χ4n) is 21.0. The fourth-order valence-corrected chi connectivity index (χ4v) is 22.9. The molecule has 0 amide bonds. The zero-order valence-corrected chi connectivity index (χ0v) is 81.3. The zero-order valence-electron chi connectivity index (χ0n) is 79.7. The van der Waals surface area contributed by atoms with Gasteiger partial charge in [0.05, 0.1) is 24.2 Å². The molecule has 20 rings (SSSR count). The summed E-state index contributed by atoms with van der Waals surface area (Å²) in [6.07, 6.45) is 50.9. The lowest BCUT2D eigenvalue weighted by Gasteiger charge is -2.35. The SMILES string of the molecule is CCCCNc1ncc2c(-c3ccc(C4(N5CCCCC5)CC4)cc3)cn(C3CCC(O)CC3)c2n1.CCCCNc1ncc2c(-c3ccc(S(=O)(=O)N4CCOCC4)c(F)c3)cn(CC3CCC(C)CC3)c2n1.CCCCNc1ncc2c(-c3ccc(S(N)(=O)=O)cc3)cn(CC3CCC(C)CC3)c2n1.NC1CCC(n2cc(-c3ccc(F)cc3)c3cnc(NCCC4CC4)nc32)CC1. The standard InChI is InChI=1S/C30H41N5O.C28H38FN5O3S.C24H33N5O2S.C23H28FN5/c1-2-3-17-31-29-32-20-26-27(21-35(28(26)33-29)24-11-13-25(36)14-12-24)22-7-9-23(10-8-22)30(15-16-30)34-18-5-4-6-19-34;1-3-4-11-30-28-31-17-23-24(19-33(27(23)32-28)18-21-7-5-20(2)6-8-21)22-9-10-26(25(29)16-22)38(35,36)34-12-14-37-15-13-34;1-3-4-13-26-24-27-14-21-22(19-9-11-20(12-10-19)32(25,30)31)16-29(23(21)28-24)15-18-7-5-17(2)6-8-18;24-17-5-3-16(4-6-17)21-14-29(19-9-7-18(25)8-10-19)22-20(21)13-27-23(28-22)26-12-11-15-1-2-15/h7-10,20-21,24-25,36H,2-6,11-19H2,1H3,(H,31,32,33);9-10,16-17,19-21H,3-8,11-15,18H2,1-2H3,(H,30,31,32);9-12,14,16-18H,3-8,13,15H2,1-2H3,(H2,25,30,31)(H,26,27,28);3-6,13-15,18-19H,1-2,7-12,25H2,(H,26,27,28). The maximum atomic E-state index is 15.4. The van der Waals surface area contributed by atoms with Gasteiger partial charge in [-0.2, -0.15) is 24.2 Å². The van der Waals surface area contributed by atoms with Gasteiger partial charge in [0.1, 0.15) is 39.1 Å². The van der Waals surface area contributed by atoms with Crippen molar-refractivity contribution >= 4 is 88.0 Å². The average Bonchev–Trinajstić information content (AvgIpc) is 1.57. The maximum Gasteiger partial charge on any atom is 0.246 e. The molecule has 135 heavy (non-hydrogen) atoms. The van der Waals surface area contributed by atoms with E-state index in [0.717, 1.165) is 219 Å². The lowest BCUT2D eigenvalue weighted by Crippen LogP contribution is -2.40. The van der Waals surface area contributed by atoms with Gasteiger partial charge < -0.3 is 55.1 Å². The van der Waals surface area contributed by atoms with Gasteiger partial charge in [-0.05, 0) is 235 Å². The van der Waals surface area contributed by atoms with Crippen molar-refractivity contribution in [1.29, 1.82) is 0 Å². The second-order valence-corrected chi connectivity index (χ2v) is 43.2. The number of likely N-dealkylation sites (tertiary alicyclic amines) is 1. The minimum Gasteiger partial charge on any atom is -0.393 e. The summed E-state index contributed by atoms with van der Waals surface area (Å²) in [6.45, 7) is 20.0. The van der Waals surface area contributed by atoms with E-state index in [1.165, 1.54) is 161 Å². The fraction of sp³-hybridized carbons (Fsp3) is 0.543. The second kappa shape index (κ2) is 44.3. The molecule has 9 N–H and O–H groups in total. The Hall–Kier alpha value is -9.92. The molecule has 30 heteroatoms. The monoisotopic (exact) mass is 1880 g/mol. The van der Waals surface area contributed by atoms with Crippen LogP contribution < -0.4 is 32.1 Å². The number of rotatable bonds is 31. The Kier molecular flexibility index (Phi) is 31.7. The molecule has 8 aliphatic rings. The molecule has 12 aromatic rings. The highest BCUT2D eigenvalue weighted by Crippen LogP contribution is 2.53. The molecule has 0 radical (unpaired) electrons. The first-order valence-electron chi connectivity index (χ1n) is 50.6. The Morgan fingerprint density at radius 3 is 1.32 bits per heavy atom. The van der Waals surface area contributed by atoms with E-state index < -0.39 is 25.9 Å². The van der Waals surface area contributed by atoms with Gasteiger partial charge in [0, 0.05) is 169 Å². The number of nitrogens with one attached hydrogen (secondary N) is 4. The number of sulfonamides is 2. The van der Waals surface area contributed by atoms with E-state index in [1.54, 1.807) is 36.5 Å². The van der Waals surface area contributed by atoms with Gasteiger partial charge in [-0.3, -0.25) is 4.90 Å². The lowest BCUT2D eigenvalue weighted by atomic mass is 9.83. The third-order valence-corrected chi connectivity index (χ3v) is 32.5. The number of unbranched alkanes of at least 4 members (excludes halogenated alkanes) is 3. The molecule has 6 saturated carbocycles. The van der Waals surface area contributed by atoms with E-state index in [0.29, 0.717) is 72.5 Å². The number of ether oxygens (including phenoxy) is 1. The van der Waals surface area contributed by atoms with Crippen LogP contribution in [0.5, 0.6) is 0 Å². The molecule has 0 atom stereocenters. The van der Waals surface area contributed by atoms with Crippen molar-refractivity contribution in [3.63, 3.8) is 0 Å². The highest BCUT2D eigenvalue weighted by Gasteiger charge is 2.49. The van der Waals surface area contributed by atoms with Crippen LogP contribution >= 0.6 is 0 Å². The smallest absolute Gasteiger partial charge is 0.246 e. The highest BCUT2D eigenvalue weighted by molar-refractivity contribution is 7.89. The number of hydrogen-bond donors (Lipinski definition) is 7. The number of morpholine rings is 1. The molecule has 8 aromatic heterocycles. The molecule has 0 unspecified atom stereocenters. The van der Waals surface area contributed by atoms with Crippen LogP contribution in [0.25, 0.3) is 88.6 Å². The molecular formula is C105H140F2N20O6S2. The first-order valence-corrected chi connectivity index (χ1v) is 53.5. The molecular weight excluding hydrogens is 1740 g/mol. The molecule has 6 aliphatic carbocycles. The molecule has 722 valence electrons. The van der Waals surface area contributed by atoms with E-state index in [1.807, 2.05) is 36.9 Å². The van der Waals surface area contributed by atoms with Gasteiger partial charge in [-0.15, -0.1) is 0 Å². The van der Waals surface area contributed by atoms with Crippen LogP contribution in [0.1, 0.15) is 245 Å². The number of fused-ring (bicyclic) bond motifs is 4. The number of anilines is 4. The Labute approximate surface area is 795 Å². The summed E-state index contributed by atoms with van der Waals surface area (Å²) in [5.74, 6) is 5.35. The van der Waals surface area contributed by atoms with Gasteiger partial charge >= 0.3 is 0 Å². The van der Waals surface area contributed by atoms with E-state index in [-0.39, 0.29) is 40.3 Å². The van der Waals surface area contributed by atoms with Crippen LogP contribution in [0.3, 0.4) is 0 Å². The number of primary sulfonamides is 1. The van der Waals surface area contributed by atoms with E-state index in [9.17, 15) is 26.3 Å². The number of piperidine rings is 1. The topological polar surface area (TPSA) is 327 Å². The van der Waals surface area contributed by atoms with Crippen molar-refractivity contribution in [1.82, 2.24) is 67.3 Å². The summed E-state index contributed by atoms with van der Waals surface area (Å²) in [7, 11) is -7.65. The van der Waals surface area contributed by atoms with Crippen LogP contribution in [-0.2, 0) is 43.4 Å². The van der Waals surface area contributed by atoms with E-state index >= 15 is 4.39 Å². The molecule has 10 heterocycles. The van der Waals surface area contributed by atoms with Crippen LogP contribution in [0.4, 0.5) is 32.6 Å². The van der Waals surface area contributed by atoms with Crippen molar-refractivity contribution < 1.29 is 35.5 Å². The van der Waals surface area contributed by atoms with Gasteiger partial charge in [0.25, 0.3) is 0 Å². The van der Waals surface area contributed by atoms with Crippen LogP contribution in [0.15, 0.2) is 150 Å². The summed E-state index contributed by atoms with van der Waals surface area (Å²) < 4.78 is 93.8. The van der Waals surface area contributed by atoms with Gasteiger partial charge in [0.15, 0.2) is 0 Å². The molecule has 2 saturated heterocycles. The molecule has 0 spiro atoms. The van der Waals surface area contributed by atoms with Crippen molar-refractivity contribution in [2.24, 2.45) is 40.5 Å². The third kappa shape index (κ3) is 23.6. The number of aliphatic hydroxyl groups excluding tert-OH is 1. The zero-order chi connectivity index (χ0) is 93.7. The Balaban J connectivity index is 0.000000126. The predicted molar refractivity (Wildman–Crippen MR) is 536 cm³/mol. The minimum atomic E-state index is -3.93. The van der Waals surface area contributed by atoms with Crippen molar-refractivity contribution in [3.05, 3.63) is 158 Å². The number of aliphatic hydroxyl groups is 1. The molecule has 2 aliphatic heterocycles. The first kappa shape index (κ1) is 96.8. The summed E-state index contributed by atoms with van der Waals surface area (Å²) in [5.41, 5.74) is 19.4. The number of halogens is 2. The van der Waals surface area contributed by atoms with Crippen molar-refractivity contribution in [2.45, 2.75) is 280 Å². The van der Waals surface area contributed by atoms with Crippen molar-refractivity contribution in [3.8, 4) is 44.5 Å². The van der Waals surface area contributed by atoms with E-state index in [2.05, 4.69) is 142 Å². The molecule has 0 bridgehead atoms. The summed E-state index contributed by atoms with van der Waals surface area (Å²) in [6, 6.07) is 28.2. The maximum absolute atomic E-state index is 15.4. The van der Waals surface area contributed by atoms with E-state index in [4.69, 9.17) is 35.5 Å². The highest BCUT2D eigenvalue weighted by atomic mass is 32.2. The van der Waals surface area contributed by atoms with Gasteiger partial charge in [-0.25, -0.2) is 50.7 Å². The Morgan fingerprint density at radius 2 is 0.874 bits per heavy atom. The second-order valence-electron chi connectivity index (χ2n) is 39.7. The normalized spacial score (nSPS) is 21.7.